The molecular weight excluding hydrogens is 262 g/mol. The minimum absolute atomic E-state index is 0.0455. The molecule has 3 heteroatoms. The average molecular weight is 283 g/mol. The van der Waals surface area contributed by atoms with Gasteiger partial charge in [-0.25, -0.2) is 0 Å². The Balaban J connectivity index is 2.10. The van der Waals surface area contributed by atoms with Gasteiger partial charge in [-0.2, -0.15) is 0 Å². The van der Waals surface area contributed by atoms with Gasteiger partial charge in [-0.3, -0.25) is 4.79 Å². The molecule has 0 radical (unpaired) electrons. The first-order chi connectivity index (χ1) is 10.0. The second-order valence-electron chi connectivity index (χ2n) is 5.29. The van der Waals surface area contributed by atoms with Crippen LogP contribution < -0.4 is 10.1 Å². The standard InChI is InChI=1S/C18H21NO2/c1-12-5-10-17(13(2)11-12)18(20)19-14(3)15-6-8-16(21-4)9-7-15/h5-11,14H,1-4H3,(H,19,20). The number of methoxy groups -OCH3 is 1. The first-order valence-corrected chi connectivity index (χ1v) is 7.03. The first-order valence-electron chi connectivity index (χ1n) is 7.03. The van der Waals surface area contributed by atoms with E-state index in [1.807, 2.05) is 63.2 Å². The van der Waals surface area contributed by atoms with Crippen LogP contribution in [-0.4, -0.2) is 13.0 Å². The lowest BCUT2D eigenvalue weighted by atomic mass is 10.0. The van der Waals surface area contributed by atoms with E-state index in [4.69, 9.17) is 4.74 Å². The summed E-state index contributed by atoms with van der Waals surface area (Å²) in [6.07, 6.45) is 0. The minimum Gasteiger partial charge on any atom is -0.497 e. The summed E-state index contributed by atoms with van der Waals surface area (Å²) in [5, 5.41) is 3.03. The fourth-order valence-corrected chi connectivity index (χ4v) is 2.32. The maximum atomic E-state index is 12.3. The van der Waals surface area contributed by atoms with Crippen LogP contribution in [0.4, 0.5) is 0 Å². The molecule has 21 heavy (non-hydrogen) atoms. The van der Waals surface area contributed by atoms with E-state index in [2.05, 4.69) is 5.32 Å². The Morgan fingerprint density at radius 1 is 1.10 bits per heavy atom. The summed E-state index contributed by atoms with van der Waals surface area (Å²) in [4.78, 5) is 12.3. The normalized spacial score (nSPS) is 11.8. The topological polar surface area (TPSA) is 38.3 Å². The molecule has 2 aromatic carbocycles. The van der Waals surface area contributed by atoms with Gasteiger partial charge in [0.2, 0.25) is 0 Å². The lowest BCUT2D eigenvalue weighted by molar-refractivity contribution is 0.0939. The maximum Gasteiger partial charge on any atom is 0.252 e. The van der Waals surface area contributed by atoms with Crippen LogP contribution in [0.3, 0.4) is 0 Å². The number of carbonyl (C=O) groups excluding carboxylic acids is 1. The zero-order chi connectivity index (χ0) is 15.4. The van der Waals surface area contributed by atoms with Crippen LogP contribution in [0.15, 0.2) is 42.5 Å². The van der Waals surface area contributed by atoms with Crippen molar-refractivity contribution < 1.29 is 9.53 Å². The number of nitrogens with one attached hydrogen (secondary N) is 1. The number of hydrogen-bond acceptors (Lipinski definition) is 2. The summed E-state index contributed by atoms with van der Waals surface area (Å²) in [6.45, 7) is 5.96. The van der Waals surface area contributed by atoms with Crippen molar-refractivity contribution in [2.75, 3.05) is 7.11 Å². The van der Waals surface area contributed by atoms with E-state index in [1.54, 1.807) is 7.11 Å². The molecule has 0 bridgehead atoms. The number of benzene rings is 2. The maximum absolute atomic E-state index is 12.3. The molecule has 3 nitrogen and oxygen atoms in total. The fraction of sp³-hybridized carbons (Fsp3) is 0.278. The lowest BCUT2D eigenvalue weighted by Crippen LogP contribution is -2.27. The number of rotatable bonds is 4. The summed E-state index contributed by atoms with van der Waals surface area (Å²) < 4.78 is 5.14. The Kier molecular flexibility index (Phi) is 4.63. The Hall–Kier alpha value is -2.29. The van der Waals surface area contributed by atoms with Gasteiger partial charge in [0, 0.05) is 5.56 Å². The molecule has 0 spiro atoms. The molecule has 0 aromatic heterocycles. The Labute approximate surface area is 126 Å². The highest BCUT2D eigenvalue weighted by molar-refractivity contribution is 5.95. The van der Waals surface area contributed by atoms with Crippen LogP contribution in [0.25, 0.3) is 0 Å². The van der Waals surface area contributed by atoms with Crippen LogP contribution in [0.5, 0.6) is 5.75 Å². The van der Waals surface area contributed by atoms with Crippen molar-refractivity contribution in [3.63, 3.8) is 0 Å². The number of carbonyl (C=O) groups is 1. The minimum atomic E-state index is -0.0518. The highest BCUT2D eigenvalue weighted by Gasteiger charge is 2.13. The molecule has 1 N–H and O–H groups in total. The third-order valence-corrected chi connectivity index (χ3v) is 3.59. The van der Waals surface area contributed by atoms with Gasteiger partial charge in [0.1, 0.15) is 5.75 Å². The van der Waals surface area contributed by atoms with E-state index in [0.717, 1.165) is 28.0 Å². The highest BCUT2D eigenvalue weighted by Crippen LogP contribution is 2.18. The molecule has 0 aliphatic carbocycles. The SMILES string of the molecule is COc1ccc(C(C)NC(=O)c2ccc(C)cc2C)cc1. The summed E-state index contributed by atoms with van der Waals surface area (Å²) in [5.41, 5.74) is 3.93. The van der Waals surface area contributed by atoms with Gasteiger partial charge in [0.05, 0.1) is 13.2 Å². The summed E-state index contributed by atoms with van der Waals surface area (Å²) in [6, 6.07) is 13.5. The van der Waals surface area contributed by atoms with Crippen molar-refractivity contribution in [2.24, 2.45) is 0 Å². The number of hydrogen-bond donors (Lipinski definition) is 1. The number of amides is 1. The number of aryl methyl sites for hydroxylation is 2. The van der Waals surface area contributed by atoms with Gasteiger partial charge < -0.3 is 10.1 Å². The zero-order valence-electron chi connectivity index (χ0n) is 12.9. The van der Waals surface area contributed by atoms with Crippen LogP contribution in [0.2, 0.25) is 0 Å². The van der Waals surface area contributed by atoms with Gasteiger partial charge in [-0.1, -0.05) is 29.8 Å². The zero-order valence-corrected chi connectivity index (χ0v) is 12.9. The quantitative estimate of drug-likeness (QED) is 0.926. The molecular formula is C18H21NO2. The van der Waals surface area contributed by atoms with Gasteiger partial charge in [-0.15, -0.1) is 0 Å². The van der Waals surface area contributed by atoms with Crippen molar-refractivity contribution in [2.45, 2.75) is 26.8 Å². The third kappa shape index (κ3) is 3.63. The monoisotopic (exact) mass is 283 g/mol. The van der Waals surface area contributed by atoms with E-state index in [0.29, 0.717) is 0 Å². The molecule has 1 amide bonds. The second kappa shape index (κ2) is 6.44. The van der Waals surface area contributed by atoms with Crippen molar-refractivity contribution in [1.82, 2.24) is 5.32 Å². The Bertz CT molecular complexity index is 632. The predicted molar refractivity (Wildman–Crippen MR) is 84.8 cm³/mol. The highest BCUT2D eigenvalue weighted by atomic mass is 16.5. The van der Waals surface area contributed by atoms with Crippen molar-refractivity contribution in [1.29, 1.82) is 0 Å². The van der Waals surface area contributed by atoms with E-state index in [1.165, 1.54) is 0 Å². The molecule has 0 heterocycles. The second-order valence-corrected chi connectivity index (χ2v) is 5.29. The molecule has 1 atom stereocenters. The third-order valence-electron chi connectivity index (χ3n) is 3.59. The molecule has 0 aliphatic rings. The van der Waals surface area contributed by atoms with E-state index < -0.39 is 0 Å². The molecule has 0 saturated carbocycles. The van der Waals surface area contributed by atoms with E-state index in [9.17, 15) is 4.79 Å². The van der Waals surface area contributed by atoms with E-state index in [-0.39, 0.29) is 11.9 Å². The molecule has 2 aromatic rings. The lowest BCUT2D eigenvalue weighted by Gasteiger charge is -2.16. The summed E-state index contributed by atoms with van der Waals surface area (Å²) in [7, 11) is 1.64. The van der Waals surface area contributed by atoms with E-state index >= 15 is 0 Å². The Morgan fingerprint density at radius 2 is 1.76 bits per heavy atom. The van der Waals surface area contributed by atoms with Crippen LogP contribution in [0, 0.1) is 13.8 Å². The van der Waals surface area contributed by atoms with Crippen LogP contribution in [0.1, 0.15) is 40.0 Å². The van der Waals surface area contributed by atoms with Crippen molar-refractivity contribution in [3.05, 3.63) is 64.7 Å². The van der Waals surface area contributed by atoms with Crippen LogP contribution >= 0.6 is 0 Å². The van der Waals surface area contributed by atoms with Gasteiger partial charge in [-0.05, 0) is 50.1 Å². The van der Waals surface area contributed by atoms with Crippen LogP contribution in [-0.2, 0) is 0 Å². The molecule has 1 unspecified atom stereocenters. The molecule has 0 saturated heterocycles. The van der Waals surface area contributed by atoms with Gasteiger partial charge >= 0.3 is 0 Å². The van der Waals surface area contributed by atoms with Gasteiger partial charge in [0.25, 0.3) is 5.91 Å². The van der Waals surface area contributed by atoms with Gasteiger partial charge in [0.15, 0.2) is 0 Å². The van der Waals surface area contributed by atoms with Crippen molar-refractivity contribution >= 4 is 5.91 Å². The average Bonchev–Trinajstić information content (AvgIpc) is 2.47. The number of ether oxygens (including phenoxy) is 1. The largest absolute Gasteiger partial charge is 0.497 e. The Morgan fingerprint density at radius 3 is 2.33 bits per heavy atom. The molecule has 0 fully saturated rings. The fourth-order valence-electron chi connectivity index (χ4n) is 2.32. The summed E-state index contributed by atoms with van der Waals surface area (Å²) in [5.74, 6) is 0.766. The smallest absolute Gasteiger partial charge is 0.252 e. The summed E-state index contributed by atoms with van der Waals surface area (Å²) >= 11 is 0. The van der Waals surface area contributed by atoms with Crippen molar-refractivity contribution in [3.8, 4) is 5.75 Å². The molecule has 2 rings (SSSR count). The molecule has 0 aliphatic heterocycles. The first kappa shape index (κ1) is 15.1. The predicted octanol–water partition coefficient (Wildman–Crippen LogP) is 3.80. The molecule has 110 valence electrons.